The van der Waals surface area contributed by atoms with Crippen LogP contribution in [0.15, 0.2) is 53.4 Å². The van der Waals surface area contributed by atoms with Gasteiger partial charge in [0.15, 0.2) is 5.13 Å². The number of halogens is 1. The van der Waals surface area contributed by atoms with Crippen molar-refractivity contribution in [2.75, 3.05) is 18.4 Å². The summed E-state index contributed by atoms with van der Waals surface area (Å²) in [6, 6.07) is 13.4. The molecule has 0 aliphatic carbocycles. The Morgan fingerprint density at radius 1 is 1.20 bits per heavy atom. The van der Waals surface area contributed by atoms with Crippen LogP contribution in [0.5, 0.6) is 5.75 Å². The monoisotopic (exact) mass is 465 g/mol. The van der Waals surface area contributed by atoms with Gasteiger partial charge in [0.2, 0.25) is 0 Å². The van der Waals surface area contributed by atoms with Crippen molar-refractivity contribution >= 4 is 44.0 Å². The van der Waals surface area contributed by atoms with Gasteiger partial charge in [0, 0.05) is 11.6 Å². The van der Waals surface area contributed by atoms with Gasteiger partial charge < -0.3 is 10.1 Å². The zero-order valence-corrected chi connectivity index (χ0v) is 18.7. The zero-order chi connectivity index (χ0) is 21.7. The highest BCUT2D eigenvalue weighted by atomic mass is 35.5. The van der Waals surface area contributed by atoms with E-state index in [1.807, 2.05) is 24.3 Å². The quantitative estimate of drug-likeness (QED) is 0.526. The number of thiazole rings is 1. The first-order chi connectivity index (χ1) is 14.3. The summed E-state index contributed by atoms with van der Waals surface area (Å²) in [6.07, 6.45) is 0.636. The van der Waals surface area contributed by atoms with E-state index in [1.165, 1.54) is 24.3 Å². The Morgan fingerprint density at radius 2 is 1.93 bits per heavy atom. The van der Waals surface area contributed by atoms with Crippen molar-refractivity contribution in [3.05, 3.63) is 69.7 Å². The van der Waals surface area contributed by atoms with Crippen LogP contribution in [0, 0.1) is 6.92 Å². The number of ether oxygens (including phenoxy) is 1. The molecule has 10 heteroatoms. The van der Waals surface area contributed by atoms with Gasteiger partial charge in [-0.25, -0.2) is 13.4 Å². The van der Waals surface area contributed by atoms with E-state index in [0.29, 0.717) is 28.6 Å². The lowest BCUT2D eigenvalue weighted by Crippen LogP contribution is -2.25. The second-order valence-electron chi connectivity index (χ2n) is 6.35. The van der Waals surface area contributed by atoms with Gasteiger partial charge in [0.25, 0.3) is 15.9 Å². The van der Waals surface area contributed by atoms with Crippen LogP contribution in [0.2, 0.25) is 5.02 Å². The molecular formula is C20H20ClN3O4S2. The summed E-state index contributed by atoms with van der Waals surface area (Å²) in [4.78, 5) is 17.1. The third-order valence-corrected chi connectivity index (χ3v) is 6.99. The molecule has 0 saturated heterocycles. The third kappa shape index (κ3) is 5.50. The highest BCUT2D eigenvalue weighted by Crippen LogP contribution is 2.25. The number of nitrogens with one attached hydrogen (secondary N) is 2. The molecule has 0 saturated carbocycles. The first-order valence-electron chi connectivity index (χ1n) is 8.95. The van der Waals surface area contributed by atoms with Crippen LogP contribution in [-0.4, -0.2) is 33.0 Å². The average Bonchev–Trinajstić information content (AvgIpc) is 3.07. The number of carbonyl (C=O) groups is 1. The normalized spacial score (nSPS) is 11.2. The van der Waals surface area contributed by atoms with E-state index in [4.69, 9.17) is 16.3 Å². The zero-order valence-electron chi connectivity index (χ0n) is 16.3. The summed E-state index contributed by atoms with van der Waals surface area (Å²) in [7, 11) is -2.22. The van der Waals surface area contributed by atoms with Gasteiger partial charge in [-0.2, -0.15) is 0 Å². The van der Waals surface area contributed by atoms with E-state index < -0.39 is 10.0 Å². The molecule has 1 heterocycles. The molecule has 0 radical (unpaired) electrons. The van der Waals surface area contributed by atoms with Gasteiger partial charge in [0.05, 0.1) is 17.7 Å². The van der Waals surface area contributed by atoms with Gasteiger partial charge in [-0.15, -0.1) is 0 Å². The van der Waals surface area contributed by atoms with Crippen LogP contribution < -0.4 is 14.8 Å². The van der Waals surface area contributed by atoms with Crippen LogP contribution in [0.25, 0.3) is 0 Å². The van der Waals surface area contributed by atoms with Gasteiger partial charge in [0.1, 0.15) is 10.6 Å². The van der Waals surface area contributed by atoms with E-state index in [-0.39, 0.29) is 15.9 Å². The molecule has 30 heavy (non-hydrogen) atoms. The number of nitrogens with zero attached hydrogens (tertiary/aromatic N) is 1. The first-order valence-corrected chi connectivity index (χ1v) is 11.6. The number of hydrogen-bond donors (Lipinski definition) is 2. The molecule has 158 valence electrons. The summed E-state index contributed by atoms with van der Waals surface area (Å²) in [5.41, 5.74) is 1.49. The molecule has 2 N–H and O–H groups in total. The molecule has 0 aliphatic rings. The predicted molar refractivity (Wildman–Crippen MR) is 118 cm³/mol. The molecule has 0 spiro atoms. The number of anilines is 1. The van der Waals surface area contributed by atoms with Crippen LogP contribution in [0.1, 0.15) is 20.9 Å². The minimum atomic E-state index is -3.82. The minimum absolute atomic E-state index is 0.0593. The Bertz CT molecular complexity index is 1150. The second kappa shape index (κ2) is 9.46. The maximum absolute atomic E-state index is 12.5. The van der Waals surface area contributed by atoms with Crippen molar-refractivity contribution in [2.45, 2.75) is 18.2 Å². The van der Waals surface area contributed by atoms with Crippen molar-refractivity contribution in [3.63, 3.8) is 0 Å². The lowest BCUT2D eigenvalue weighted by atomic mass is 10.1. The first kappa shape index (κ1) is 22.1. The van der Waals surface area contributed by atoms with E-state index in [2.05, 4.69) is 15.0 Å². The molecule has 1 aromatic heterocycles. The number of rotatable bonds is 8. The number of sulfonamides is 1. The Labute approximate surface area is 184 Å². The van der Waals surface area contributed by atoms with Crippen molar-refractivity contribution in [3.8, 4) is 5.75 Å². The van der Waals surface area contributed by atoms with Gasteiger partial charge in [-0.3, -0.25) is 9.52 Å². The molecule has 7 nitrogen and oxygen atoms in total. The largest absolute Gasteiger partial charge is 0.497 e. The number of carbonyl (C=O) groups excluding carboxylic acids is 1. The summed E-state index contributed by atoms with van der Waals surface area (Å²) in [5, 5.41) is 3.40. The maximum atomic E-state index is 12.5. The summed E-state index contributed by atoms with van der Waals surface area (Å²) >= 11 is 6.79. The molecule has 0 unspecified atom stereocenters. The van der Waals surface area contributed by atoms with Crippen LogP contribution in [0.3, 0.4) is 0 Å². The third-order valence-electron chi connectivity index (χ3n) is 4.18. The number of aromatic nitrogens is 1. The number of benzene rings is 2. The molecule has 3 aromatic rings. The predicted octanol–water partition coefficient (Wildman–Crippen LogP) is 3.89. The smallest absolute Gasteiger partial charge is 0.263 e. The number of hydrogen-bond acceptors (Lipinski definition) is 6. The fourth-order valence-corrected chi connectivity index (χ4v) is 4.91. The van der Waals surface area contributed by atoms with E-state index in [1.54, 1.807) is 14.0 Å². The lowest BCUT2D eigenvalue weighted by molar-refractivity contribution is 0.0957. The standard InChI is InChI=1S/C20H20ClN3O4S2/c1-13-18(19(25)22-11-10-14-4-3-5-16(12-14)28-2)29-20(23-13)24-30(26,27)17-8-6-15(21)7-9-17/h3-9,12H,10-11H2,1-2H3,(H,22,25)(H,23,24). The summed E-state index contributed by atoms with van der Waals surface area (Å²) in [6.45, 7) is 2.09. The number of aryl methyl sites for hydroxylation is 1. The SMILES string of the molecule is COc1cccc(CCNC(=O)c2sc(NS(=O)(=O)c3ccc(Cl)cc3)nc2C)c1. The summed E-state index contributed by atoms with van der Waals surface area (Å²) < 4.78 is 32.6. The average molecular weight is 466 g/mol. The van der Waals surface area contributed by atoms with Crippen molar-refractivity contribution in [1.29, 1.82) is 0 Å². The Kier molecular flexibility index (Phi) is 6.96. The van der Waals surface area contributed by atoms with Gasteiger partial charge in [-0.1, -0.05) is 35.1 Å². The van der Waals surface area contributed by atoms with Crippen LogP contribution in [-0.2, 0) is 16.4 Å². The van der Waals surface area contributed by atoms with Gasteiger partial charge >= 0.3 is 0 Å². The van der Waals surface area contributed by atoms with Crippen LogP contribution in [0.4, 0.5) is 5.13 Å². The molecule has 0 aliphatic heterocycles. The van der Waals surface area contributed by atoms with Crippen LogP contribution >= 0.6 is 22.9 Å². The molecule has 3 rings (SSSR count). The van der Waals surface area contributed by atoms with Crippen molar-refractivity contribution in [1.82, 2.24) is 10.3 Å². The Balaban J connectivity index is 1.63. The number of methoxy groups -OCH3 is 1. The molecule has 2 aromatic carbocycles. The molecule has 0 atom stereocenters. The number of amides is 1. The Morgan fingerprint density at radius 3 is 2.63 bits per heavy atom. The fourth-order valence-electron chi connectivity index (χ4n) is 2.67. The molecule has 0 bridgehead atoms. The van der Waals surface area contributed by atoms with Gasteiger partial charge in [-0.05, 0) is 55.3 Å². The highest BCUT2D eigenvalue weighted by molar-refractivity contribution is 7.93. The van der Waals surface area contributed by atoms with E-state index in [9.17, 15) is 13.2 Å². The minimum Gasteiger partial charge on any atom is -0.497 e. The highest BCUT2D eigenvalue weighted by Gasteiger charge is 2.20. The fraction of sp³-hybridized carbons (Fsp3) is 0.200. The second-order valence-corrected chi connectivity index (χ2v) is 9.47. The lowest BCUT2D eigenvalue weighted by Gasteiger charge is -2.06. The topological polar surface area (TPSA) is 97.4 Å². The maximum Gasteiger partial charge on any atom is 0.263 e. The molecular weight excluding hydrogens is 446 g/mol. The Hall–Kier alpha value is -2.62. The summed E-state index contributed by atoms with van der Waals surface area (Å²) in [5.74, 6) is 0.458. The van der Waals surface area contributed by atoms with E-state index >= 15 is 0 Å². The molecule has 1 amide bonds. The molecule has 0 fully saturated rings. The van der Waals surface area contributed by atoms with E-state index in [0.717, 1.165) is 22.6 Å². The van der Waals surface area contributed by atoms with Crippen molar-refractivity contribution < 1.29 is 17.9 Å². The van der Waals surface area contributed by atoms with Crippen molar-refractivity contribution in [2.24, 2.45) is 0 Å².